The maximum Gasteiger partial charge on any atom is 0.405 e. The minimum atomic E-state index is -4.15. The Balaban J connectivity index is 2.74. The lowest BCUT2D eigenvalue weighted by molar-refractivity contribution is -0.0201. The van der Waals surface area contributed by atoms with Crippen molar-refractivity contribution in [1.82, 2.24) is 0 Å². The molecule has 0 fully saturated rings. The third-order valence-electron chi connectivity index (χ3n) is 1.41. The van der Waals surface area contributed by atoms with E-state index in [1.807, 2.05) is 0 Å². The van der Waals surface area contributed by atoms with Gasteiger partial charge in [-0.2, -0.15) is 8.42 Å². The second kappa shape index (κ2) is 4.82. The van der Waals surface area contributed by atoms with Gasteiger partial charge in [-0.15, -0.1) is 0 Å². The summed E-state index contributed by atoms with van der Waals surface area (Å²) < 4.78 is 29.7. The molecule has 0 aromatic heterocycles. The van der Waals surface area contributed by atoms with Crippen LogP contribution in [0.25, 0.3) is 0 Å². The largest absolute Gasteiger partial charge is 0.405 e. The number of aliphatic hydroxyl groups is 1. The molecular weight excluding hydrogens is 227 g/mol. The molecular formula is C7H9O5PS. The smallest absolute Gasteiger partial charge is 0.363 e. The van der Waals surface area contributed by atoms with Crippen LogP contribution in [0.15, 0.2) is 30.3 Å². The first-order chi connectivity index (χ1) is 6.55. The van der Waals surface area contributed by atoms with E-state index >= 15 is 0 Å². The highest BCUT2D eigenvalue weighted by atomic mass is 32.3. The van der Waals surface area contributed by atoms with Crippen LogP contribution in [0, 0.1) is 0 Å². The molecule has 14 heavy (non-hydrogen) atoms. The van der Waals surface area contributed by atoms with E-state index in [-0.39, 0.29) is 0 Å². The van der Waals surface area contributed by atoms with Gasteiger partial charge in [-0.05, 0) is 0 Å². The molecule has 0 radical (unpaired) electrons. The van der Waals surface area contributed by atoms with Crippen molar-refractivity contribution in [3.63, 3.8) is 0 Å². The Hall–Kier alpha value is -0.520. The first kappa shape index (κ1) is 11.6. The van der Waals surface area contributed by atoms with Gasteiger partial charge < -0.3 is 5.11 Å². The van der Waals surface area contributed by atoms with Crippen LogP contribution in [0.2, 0.25) is 0 Å². The predicted molar refractivity (Wildman–Crippen MR) is 52.2 cm³/mol. The maximum absolute atomic E-state index is 10.8. The van der Waals surface area contributed by atoms with Gasteiger partial charge in [0.05, 0.1) is 0 Å². The topological polar surface area (TPSA) is 72.8 Å². The Morgan fingerprint density at radius 1 is 1.29 bits per heavy atom. The Bertz CT molecular complexity index is 376. The van der Waals surface area contributed by atoms with E-state index in [0.29, 0.717) is 5.56 Å². The Morgan fingerprint density at radius 3 is 2.36 bits per heavy atom. The van der Waals surface area contributed by atoms with Crippen LogP contribution in [0.5, 0.6) is 0 Å². The number of benzene rings is 1. The van der Waals surface area contributed by atoms with Gasteiger partial charge in [0.25, 0.3) is 0 Å². The summed E-state index contributed by atoms with van der Waals surface area (Å²) in [6.07, 6.45) is -1.55. The number of aliphatic hydroxyl groups excluding tert-OH is 1. The molecule has 1 N–H and O–H groups in total. The van der Waals surface area contributed by atoms with Crippen molar-refractivity contribution in [2.45, 2.75) is 6.29 Å². The summed E-state index contributed by atoms with van der Waals surface area (Å²) >= 11 is 0. The fourth-order valence-electron chi connectivity index (χ4n) is 0.808. The lowest BCUT2D eigenvalue weighted by Crippen LogP contribution is -2.10. The molecule has 78 valence electrons. The molecule has 0 saturated heterocycles. The normalized spacial score (nSPS) is 13.9. The van der Waals surface area contributed by atoms with Crippen molar-refractivity contribution in [1.29, 1.82) is 0 Å². The first-order valence-electron chi connectivity index (χ1n) is 3.60. The van der Waals surface area contributed by atoms with E-state index in [9.17, 15) is 13.5 Å². The summed E-state index contributed by atoms with van der Waals surface area (Å²) in [6.45, 7) is 0. The molecule has 1 rings (SSSR count). The quantitative estimate of drug-likeness (QED) is 0.616. The zero-order valence-corrected chi connectivity index (χ0v) is 9.00. The maximum atomic E-state index is 10.8. The molecule has 0 aliphatic rings. The average molecular weight is 236 g/mol. The fraction of sp³-hybridized carbons (Fsp3) is 0.143. The molecule has 2 unspecified atom stereocenters. The molecule has 0 bridgehead atoms. The van der Waals surface area contributed by atoms with Crippen LogP contribution in [0.1, 0.15) is 11.9 Å². The zero-order valence-electron chi connectivity index (χ0n) is 7.03. The third kappa shape index (κ3) is 3.32. The molecule has 0 amide bonds. The standard InChI is InChI=1S/C7H9O5PS/c8-7(11-14(9,10)12-13)6-4-2-1-3-5-6/h1-5,7-8H,13H2. The molecule has 0 aliphatic carbocycles. The first-order valence-corrected chi connectivity index (χ1v) is 5.40. The highest BCUT2D eigenvalue weighted by Crippen LogP contribution is 2.17. The van der Waals surface area contributed by atoms with E-state index in [1.165, 1.54) is 21.6 Å². The second-order valence-corrected chi connectivity index (χ2v) is 4.14. The van der Waals surface area contributed by atoms with Gasteiger partial charge in [0, 0.05) is 15.0 Å². The van der Waals surface area contributed by atoms with Gasteiger partial charge in [-0.1, -0.05) is 30.3 Å². The second-order valence-electron chi connectivity index (χ2n) is 2.36. The number of hydrogen-bond acceptors (Lipinski definition) is 5. The van der Waals surface area contributed by atoms with E-state index in [0.717, 1.165) is 0 Å². The van der Waals surface area contributed by atoms with Crippen LogP contribution in [0.3, 0.4) is 0 Å². The van der Waals surface area contributed by atoms with Crippen LogP contribution >= 0.6 is 9.47 Å². The van der Waals surface area contributed by atoms with Crippen LogP contribution < -0.4 is 0 Å². The van der Waals surface area contributed by atoms with E-state index in [4.69, 9.17) is 0 Å². The van der Waals surface area contributed by atoms with Crippen molar-refractivity contribution >= 4 is 19.9 Å². The molecule has 1 aromatic rings. The van der Waals surface area contributed by atoms with E-state index < -0.39 is 16.7 Å². The lowest BCUT2D eigenvalue weighted by Gasteiger charge is -2.09. The van der Waals surface area contributed by atoms with Gasteiger partial charge in [-0.25, -0.2) is 8.15 Å². The molecule has 0 aliphatic heterocycles. The fourth-order valence-corrected chi connectivity index (χ4v) is 1.32. The zero-order chi connectivity index (χ0) is 10.6. The summed E-state index contributed by atoms with van der Waals surface area (Å²) in [5, 5.41) is 9.30. The summed E-state index contributed by atoms with van der Waals surface area (Å²) in [5.74, 6) is 0. The van der Waals surface area contributed by atoms with Gasteiger partial charge in [0.15, 0.2) is 0 Å². The molecule has 5 nitrogen and oxygen atoms in total. The van der Waals surface area contributed by atoms with E-state index in [2.05, 4.69) is 8.15 Å². The van der Waals surface area contributed by atoms with E-state index in [1.54, 1.807) is 18.2 Å². The third-order valence-corrected chi connectivity index (χ3v) is 2.77. The summed E-state index contributed by atoms with van der Waals surface area (Å²) in [7, 11) is -2.63. The van der Waals surface area contributed by atoms with Crippen LogP contribution in [-0.4, -0.2) is 13.5 Å². The minimum absolute atomic E-state index is 0.332. The number of rotatable bonds is 4. The Kier molecular flexibility index (Phi) is 3.97. The SMILES string of the molecule is O=S(=O)(OP)OC(O)c1ccccc1. The minimum Gasteiger partial charge on any atom is -0.363 e. The molecule has 2 atom stereocenters. The molecule has 1 aromatic carbocycles. The van der Waals surface area contributed by atoms with Crippen molar-refractivity contribution in [2.24, 2.45) is 0 Å². The van der Waals surface area contributed by atoms with Crippen molar-refractivity contribution in [3.8, 4) is 0 Å². The summed E-state index contributed by atoms with van der Waals surface area (Å²) in [5.41, 5.74) is 0.332. The number of hydrogen-bond donors (Lipinski definition) is 1. The highest BCUT2D eigenvalue weighted by molar-refractivity contribution is 7.84. The molecule has 0 saturated carbocycles. The van der Waals surface area contributed by atoms with Gasteiger partial charge in [0.1, 0.15) is 0 Å². The molecule has 7 heteroatoms. The lowest BCUT2D eigenvalue weighted by atomic mass is 10.2. The average Bonchev–Trinajstić information content (AvgIpc) is 2.19. The van der Waals surface area contributed by atoms with Crippen LogP contribution in [-0.2, 0) is 18.6 Å². The molecule has 0 heterocycles. The van der Waals surface area contributed by atoms with Crippen LogP contribution in [0.4, 0.5) is 0 Å². The Labute approximate surface area is 84.3 Å². The Morgan fingerprint density at radius 2 is 1.86 bits per heavy atom. The highest BCUT2D eigenvalue weighted by Gasteiger charge is 2.17. The monoisotopic (exact) mass is 236 g/mol. The van der Waals surface area contributed by atoms with Crippen molar-refractivity contribution in [3.05, 3.63) is 35.9 Å². The van der Waals surface area contributed by atoms with Crippen molar-refractivity contribution in [2.75, 3.05) is 0 Å². The summed E-state index contributed by atoms with van der Waals surface area (Å²) in [6, 6.07) is 8.09. The van der Waals surface area contributed by atoms with Gasteiger partial charge in [-0.3, -0.25) is 0 Å². The summed E-state index contributed by atoms with van der Waals surface area (Å²) in [4.78, 5) is 0. The predicted octanol–water partition coefficient (Wildman–Crippen LogP) is 0.746. The van der Waals surface area contributed by atoms with Crippen molar-refractivity contribution < 1.29 is 21.7 Å². The van der Waals surface area contributed by atoms with Gasteiger partial charge >= 0.3 is 10.4 Å². The van der Waals surface area contributed by atoms with Gasteiger partial charge in [0.2, 0.25) is 6.29 Å². The molecule has 0 spiro atoms.